The first-order chi connectivity index (χ1) is 15.1. The van der Waals surface area contributed by atoms with Crippen LogP contribution >= 0.6 is 11.3 Å². The number of thiophene rings is 1. The summed E-state index contributed by atoms with van der Waals surface area (Å²) in [6.07, 6.45) is 0. The summed E-state index contributed by atoms with van der Waals surface area (Å²) in [6, 6.07) is 17.3. The molecule has 0 bridgehead atoms. The van der Waals surface area contributed by atoms with E-state index in [4.69, 9.17) is 9.26 Å². The lowest BCUT2D eigenvalue weighted by molar-refractivity contribution is -0.384. The van der Waals surface area contributed by atoms with Crippen molar-refractivity contribution < 1.29 is 19.0 Å². The number of anilines is 1. The lowest BCUT2D eigenvalue weighted by Gasteiger charge is -2.09. The molecule has 156 valence electrons. The van der Waals surface area contributed by atoms with E-state index in [1.807, 2.05) is 47.8 Å². The van der Waals surface area contributed by atoms with Crippen molar-refractivity contribution in [1.82, 2.24) is 10.1 Å². The van der Waals surface area contributed by atoms with E-state index in [1.54, 1.807) is 0 Å². The van der Waals surface area contributed by atoms with Gasteiger partial charge in [0.25, 0.3) is 11.6 Å². The molecule has 1 N–H and O–H groups in total. The molecule has 0 radical (unpaired) electrons. The van der Waals surface area contributed by atoms with E-state index in [-0.39, 0.29) is 23.7 Å². The van der Waals surface area contributed by atoms with Gasteiger partial charge in [-0.3, -0.25) is 10.1 Å². The fourth-order valence-electron chi connectivity index (χ4n) is 2.78. The van der Waals surface area contributed by atoms with E-state index in [9.17, 15) is 14.9 Å². The minimum atomic E-state index is -0.728. The second-order valence-corrected chi connectivity index (χ2v) is 7.34. The van der Waals surface area contributed by atoms with Crippen LogP contribution in [-0.4, -0.2) is 21.0 Å². The summed E-state index contributed by atoms with van der Waals surface area (Å²) in [5.41, 5.74) is 1.11. The molecule has 0 saturated carbocycles. The summed E-state index contributed by atoms with van der Waals surface area (Å²) >= 11 is 1.46. The number of rotatable bonds is 8. The zero-order valence-electron chi connectivity index (χ0n) is 16.1. The number of nitrogens with zero attached hydrogens (tertiary/aromatic N) is 3. The van der Waals surface area contributed by atoms with Crippen molar-refractivity contribution in [3.8, 4) is 10.7 Å². The molecule has 2 heterocycles. The van der Waals surface area contributed by atoms with Crippen LogP contribution in [0, 0.1) is 10.1 Å². The smallest absolute Gasteiger partial charge is 0.338 e. The predicted octanol–water partition coefficient (Wildman–Crippen LogP) is 4.68. The number of ether oxygens (including phenoxy) is 1. The molecule has 0 saturated heterocycles. The number of hydrogen-bond acceptors (Lipinski definition) is 9. The lowest BCUT2D eigenvalue weighted by Crippen LogP contribution is -2.08. The molecule has 0 amide bonds. The second-order valence-electron chi connectivity index (χ2n) is 6.39. The van der Waals surface area contributed by atoms with E-state index < -0.39 is 10.9 Å². The first-order valence-electron chi connectivity index (χ1n) is 9.20. The van der Waals surface area contributed by atoms with Crippen LogP contribution in [-0.2, 0) is 17.9 Å². The Balaban J connectivity index is 1.42. The number of carbonyl (C=O) groups is 1. The Morgan fingerprint density at radius 1 is 1.16 bits per heavy atom. The molecule has 31 heavy (non-hydrogen) atoms. The van der Waals surface area contributed by atoms with E-state index in [0.717, 1.165) is 10.4 Å². The third-order valence-electron chi connectivity index (χ3n) is 4.29. The van der Waals surface area contributed by atoms with Gasteiger partial charge in [0.15, 0.2) is 6.61 Å². The van der Waals surface area contributed by atoms with E-state index >= 15 is 0 Å². The number of hydrogen-bond donors (Lipinski definition) is 1. The van der Waals surface area contributed by atoms with Gasteiger partial charge in [-0.1, -0.05) is 41.6 Å². The lowest BCUT2D eigenvalue weighted by atomic mass is 10.1. The largest absolute Gasteiger partial charge is 0.452 e. The van der Waals surface area contributed by atoms with Crippen LogP contribution in [0.5, 0.6) is 0 Å². The first-order valence-corrected chi connectivity index (χ1v) is 10.1. The summed E-state index contributed by atoms with van der Waals surface area (Å²) < 4.78 is 10.3. The first kappa shape index (κ1) is 20.2. The van der Waals surface area contributed by atoms with Gasteiger partial charge in [-0.05, 0) is 29.1 Å². The highest BCUT2D eigenvalue weighted by atomic mass is 32.1. The molecule has 0 aliphatic carbocycles. The highest BCUT2D eigenvalue weighted by Gasteiger charge is 2.19. The molecule has 0 fully saturated rings. The van der Waals surface area contributed by atoms with Gasteiger partial charge in [0.05, 0.1) is 15.4 Å². The van der Waals surface area contributed by atoms with Gasteiger partial charge in [-0.15, -0.1) is 11.3 Å². The van der Waals surface area contributed by atoms with Gasteiger partial charge >= 0.3 is 5.97 Å². The quantitative estimate of drug-likeness (QED) is 0.240. The summed E-state index contributed by atoms with van der Waals surface area (Å²) in [7, 11) is 0. The van der Waals surface area contributed by atoms with Crippen molar-refractivity contribution in [2.24, 2.45) is 0 Å². The highest BCUT2D eigenvalue weighted by molar-refractivity contribution is 7.13. The average Bonchev–Trinajstić information content (AvgIpc) is 3.48. The van der Waals surface area contributed by atoms with E-state index in [0.29, 0.717) is 18.1 Å². The summed E-state index contributed by atoms with van der Waals surface area (Å²) in [4.78, 5) is 28.3. The van der Waals surface area contributed by atoms with Crippen molar-refractivity contribution in [3.05, 3.63) is 93.2 Å². The third-order valence-corrected chi connectivity index (χ3v) is 5.16. The van der Waals surface area contributed by atoms with Crippen molar-refractivity contribution in [3.63, 3.8) is 0 Å². The van der Waals surface area contributed by atoms with Crippen LogP contribution in [0.4, 0.5) is 11.4 Å². The van der Waals surface area contributed by atoms with Crippen LogP contribution in [0.25, 0.3) is 10.7 Å². The molecule has 9 nitrogen and oxygen atoms in total. The molecule has 2 aromatic carbocycles. The SMILES string of the molecule is O=C(OCc1nc(-c2cccs2)no1)c1ccc(NCc2ccccc2)c([N+](=O)[O-])c1. The van der Waals surface area contributed by atoms with Crippen molar-refractivity contribution in [2.45, 2.75) is 13.2 Å². The minimum absolute atomic E-state index is 0.0509. The second kappa shape index (κ2) is 9.18. The van der Waals surface area contributed by atoms with Crippen LogP contribution in [0.3, 0.4) is 0 Å². The molecular weight excluding hydrogens is 420 g/mol. The van der Waals surface area contributed by atoms with Crippen molar-refractivity contribution in [2.75, 3.05) is 5.32 Å². The monoisotopic (exact) mass is 436 g/mol. The van der Waals surface area contributed by atoms with E-state index in [2.05, 4.69) is 15.5 Å². The van der Waals surface area contributed by atoms with Crippen LogP contribution in [0.1, 0.15) is 21.8 Å². The number of nitro groups is 1. The number of aromatic nitrogens is 2. The molecule has 4 rings (SSSR count). The highest BCUT2D eigenvalue weighted by Crippen LogP contribution is 2.27. The topological polar surface area (TPSA) is 120 Å². The maximum absolute atomic E-state index is 12.4. The Bertz CT molecular complexity index is 1190. The zero-order chi connectivity index (χ0) is 21.6. The van der Waals surface area contributed by atoms with Gasteiger partial charge in [0.1, 0.15) is 5.69 Å². The molecule has 0 unspecified atom stereocenters. The Morgan fingerprint density at radius 2 is 2.00 bits per heavy atom. The number of nitro benzene ring substituents is 1. The average molecular weight is 436 g/mol. The Kier molecular flexibility index (Phi) is 5.99. The van der Waals surface area contributed by atoms with Crippen LogP contribution in [0.15, 0.2) is 70.6 Å². The Morgan fingerprint density at radius 3 is 2.74 bits per heavy atom. The zero-order valence-corrected chi connectivity index (χ0v) is 16.9. The Hall–Kier alpha value is -4.05. The predicted molar refractivity (Wildman–Crippen MR) is 114 cm³/mol. The standard InChI is InChI=1S/C21H16N4O5S/c26-21(29-13-19-23-20(24-30-19)18-7-4-10-31-18)15-8-9-16(17(11-15)25(27)28)22-12-14-5-2-1-3-6-14/h1-11,22H,12-13H2. The molecule has 2 aromatic heterocycles. The van der Waals surface area contributed by atoms with E-state index in [1.165, 1.54) is 29.5 Å². The Labute approximate surface area is 180 Å². The molecule has 0 spiro atoms. The minimum Gasteiger partial charge on any atom is -0.452 e. The molecule has 0 aliphatic rings. The summed E-state index contributed by atoms with van der Waals surface area (Å²) in [6.45, 7) is 0.175. The fraction of sp³-hybridized carbons (Fsp3) is 0.0952. The third kappa shape index (κ3) is 4.93. The number of benzene rings is 2. The van der Waals surface area contributed by atoms with Gasteiger partial charge in [-0.25, -0.2) is 4.79 Å². The van der Waals surface area contributed by atoms with Crippen molar-refractivity contribution >= 4 is 28.7 Å². The van der Waals surface area contributed by atoms with Crippen LogP contribution in [0.2, 0.25) is 0 Å². The molecule has 0 atom stereocenters. The fourth-order valence-corrected chi connectivity index (χ4v) is 3.43. The van der Waals surface area contributed by atoms with Gasteiger partial charge < -0.3 is 14.6 Å². The van der Waals surface area contributed by atoms with Crippen LogP contribution < -0.4 is 5.32 Å². The molecule has 10 heteroatoms. The number of carbonyl (C=O) groups excluding carboxylic acids is 1. The van der Waals surface area contributed by atoms with Gasteiger partial charge in [0.2, 0.25) is 5.82 Å². The maximum atomic E-state index is 12.4. The summed E-state index contributed by atoms with van der Waals surface area (Å²) in [5.74, 6) is -0.188. The molecule has 0 aliphatic heterocycles. The normalized spacial score (nSPS) is 10.6. The maximum Gasteiger partial charge on any atom is 0.338 e. The van der Waals surface area contributed by atoms with Gasteiger partial charge in [0, 0.05) is 12.6 Å². The van der Waals surface area contributed by atoms with Crippen molar-refractivity contribution in [1.29, 1.82) is 0 Å². The summed E-state index contributed by atoms with van der Waals surface area (Å²) in [5, 5.41) is 20.2. The molecular formula is C21H16N4O5S. The number of esters is 1. The molecule has 4 aromatic rings. The van der Waals surface area contributed by atoms with Gasteiger partial charge in [-0.2, -0.15) is 4.98 Å². The number of nitrogens with one attached hydrogen (secondary N) is 1.